The fourth-order valence-electron chi connectivity index (χ4n) is 11.8. The number of fused-ring (bicyclic) bond motifs is 1. The van der Waals surface area contributed by atoms with E-state index in [2.05, 4.69) is 31.9 Å². The summed E-state index contributed by atoms with van der Waals surface area (Å²) >= 11 is 0. The van der Waals surface area contributed by atoms with Gasteiger partial charge in [-0.2, -0.15) is 0 Å². The van der Waals surface area contributed by atoms with E-state index < -0.39 is 90.5 Å². The van der Waals surface area contributed by atoms with Crippen LogP contribution in [0, 0.1) is 24.7 Å². The van der Waals surface area contributed by atoms with Crippen molar-refractivity contribution in [3.8, 4) is 0 Å². The Balaban J connectivity index is 1.19. The van der Waals surface area contributed by atoms with Crippen LogP contribution < -0.4 is 31.9 Å². The number of carboxylic acids is 6. The topological polar surface area (TPSA) is 411 Å². The maximum atomic E-state index is 14.2. The van der Waals surface area contributed by atoms with Gasteiger partial charge in [0.25, 0.3) is 0 Å². The molecule has 3 aromatic carbocycles. The molecule has 28 nitrogen and oxygen atoms in total. The van der Waals surface area contributed by atoms with Crippen LogP contribution in [0.2, 0.25) is 0 Å². The Labute approximate surface area is 553 Å². The summed E-state index contributed by atoms with van der Waals surface area (Å²) in [4.78, 5) is 158. The minimum Gasteiger partial charge on any atom is -0.481 e. The zero-order chi connectivity index (χ0) is 69.2. The maximum absolute atomic E-state index is 14.2. The molecular weight excluding hydrogens is 1230 g/mol. The molecule has 0 bridgehead atoms. The van der Waals surface area contributed by atoms with Crippen LogP contribution in [-0.2, 0) is 65.6 Å². The van der Waals surface area contributed by atoms with Crippen molar-refractivity contribution >= 4 is 82.0 Å². The van der Waals surface area contributed by atoms with Crippen molar-refractivity contribution in [1.29, 1.82) is 0 Å². The molecule has 5 rings (SSSR count). The Kier molecular flexibility index (Phi) is 33.5. The van der Waals surface area contributed by atoms with Crippen LogP contribution in [0.1, 0.15) is 113 Å². The zero-order valence-corrected chi connectivity index (χ0v) is 54.3. The monoisotopic (exact) mass is 1330 g/mol. The number of carbonyl (C=O) groups excluding carboxylic acids is 6. The number of rotatable bonds is 39. The SMILES string of the molecule is Cc1ccc(CCCC(=O)NCCCCC(NC(=O)CN2CCN(CC(=O)O)CCN(CC(=O)O)CCN(CC(=O)O)CC2)C(=O)NCC2CCC(C(=O)CC(Cc3ccc4ccccc4c3)C(=O)NCCCCC(NC(=O)NC(CCC(=O)O)C(=O)O)C(=O)O)CC2)cc1. The molecule has 1 heterocycles. The minimum absolute atomic E-state index is 0.0194. The van der Waals surface area contributed by atoms with Crippen molar-refractivity contribution in [2.75, 3.05) is 98.2 Å². The Morgan fingerprint density at radius 3 is 1.52 bits per heavy atom. The quantitative estimate of drug-likeness (QED) is 0.0365. The Hall–Kier alpha value is -8.60. The number of Topliss-reactive ketones (excluding diaryl/α,β-unsaturated/α-hetero) is 1. The Morgan fingerprint density at radius 1 is 0.474 bits per heavy atom. The molecule has 2 fully saturated rings. The summed E-state index contributed by atoms with van der Waals surface area (Å²) < 4.78 is 0. The van der Waals surface area contributed by atoms with Gasteiger partial charge in [-0.05, 0) is 125 Å². The molecule has 28 heteroatoms. The molecule has 4 unspecified atom stereocenters. The number of aryl methyl sites for hydroxylation is 2. The number of amides is 6. The first kappa shape index (κ1) is 77.1. The van der Waals surface area contributed by atoms with Gasteiger partial charge < -0.3 is 62.5 Å². The summed E-state index contributed by atoms with van der Waals surface area (Å²) in [6, 6.07) is 16.7. The molecular formula is C67H96N10O18. The molecule has 1 saturated heterocycles. The lowest BCUT2D eigenvalue weighted by Crippen LogP contribution is -2.52. The fourth-order valence-corrected chi connectivity index (χ4v) is 11.8. The predicted octanol–water partition coefficient (Wildman–Crippen LogP) is 2.82. The third kappa shape index (κ3) is 30.6. The van der Waals surface area contributed by atoms with Gasteiger partial charge in [0.05, 0.1) is 26.2 Å². The highest BCUT2D eigenvalue weighted by Crippen LogP contribution is 2.31. The van der Waals surface area contributed by atoms with Gasteiger partial charge in [0.15, 0.2) is 0 Å². The van der Waals surface area contributed by atoms with Gasteiger partial charge >= 0.3 is 41.8 Å². The summed E-state index contributed by atoms with van der Waals surface area (Å²) in [5.74, 6) is -10.0. The van der Waals surface area contributed by atoms with Gasteiger partial charge in [-0.15, -0.1) is 0 Å². The highest BCUT2D eigenvalue weighted by atomic mass is 16.4. The van der Waals surface area contributed by atoms with E-state index in [1.807, 2.05) is 73.7 Å². The highest BCUT2D eigenvalue weighted by Gasteiger charge is 2.32. The normalized spacial score (nSPS) is 17.4. The number of unbranched alkanes of at least 4 members (excludes halogenated alkanes) is 2. The van der Waals surface area contributed by atoms with E-state index in [0.29, 0.717) is 64.3 Å². The first-order chi connectivity index (χ1) is 45.4. The molecule has 0 spiro atoms. The summed E-state index contributed by atoms with van der Waals surface area (Å²) in [5.41, 5.74) is 3.14. The van der Waals surface area contributed by atoms with E-state index in [9.17, 15) is 83.1 Å². The van der Waals surface area contributed by atoms with Gasteiger partial charge in [-0.25, -0.2) is 14.4 Å². The second-order valence-corrected chi connectivity index (χ2v) is 24.9. The van der Waals surface area contributed by atoms with Crippen LogP contribution in [0.3, 0.4) is 0 Å². The smallest absolute Gasteiger partial charge is 0.326 e. The average Bonchev–Trinajstić information content (AvgIpc) is 0.876. The predicted molar refractivity (Wildman–Crippen MR) is 349 cm³/mol. The Bertz CT molecular complexity index is 3020. The van der Waals surface area contributed by atoms with Crippen LogP contribution in [0.5, 0.6) is 0 Å². The number of ketones is 1. The number of carbonyl (C=O) groups is 12. The fraction of sp³-hybridized carbons (Fsp3) is 0.582. The van der Waals surface area contributed by atoms with Gasteiger partial charge in [0, 0.05) is 103 Å². The third-order valence-corrected chi connectivity index (χ3v) is 17.3. The van der Waals surface area contributed by atoms with Gasteiger partial charge in [0.2, 0.25) is 23.6 Å². The van der Waals surface area contributed by atoms with Crippen molar-refractivity contribution in [2.45, 2.75) is 134 Å². The zero-order valence-electron chi connectivity index (χ0n) is 54.3. The van der Waals surface area contributed by atoms with E-state index >= 15 is 0 Å². The van der Waals surface area contributed by atoms with Crippen LogP contribution in [0.25, 0.3) is 10.8 Å². The molecule has 1 saturated carbocycles. The molecule has 1 aliphatic carbocycles. The van der Waals surface area contributed by atoms with Gasteiger partial charge in [0.1, 0.15) is 23.9 Å². The van der Waals surface area contributed by atoms with Crippen molar-refractivity contribution < 1.29 is 88.2 Å². The van der Waals surface area contributed by atoms with E-state index in [1.165, 1.54) is 0 Å². The number of nitrogens with one attached hydrogen (secondary N) is 6. The van der Waals surface area contributed by atoms with E-state index in [4.69, 9.17) is 5.11 Å². The number of aliphatic carboxylic acids is 6. The van der Waals surface area contributed by atoms with E-state index in [1.54, 1.807) is 19.6 Å². The van der Waals surface area contributed by atoms with Gasteiger partial charge in [-0.1, -0.05) is 72.3 Å². The van der Waals surface area contributed by atoms with Crippen LogP contribution in [0.15, 0.2) is 66.7 Å². The third-order valence-electron chi connectivity index (χ3n) is 17.3. The van der Waals surface area contributed by atoms with E-state index in [-0.39, 0.29) is 153 Å². The number of benzene rings is 3. The molecule has 6 amide bonds. The standard InChI is InChI=1S/C67H96N10O18/c1-45-15-17-46(18-16-45)9-8-14-57(79)68-27-6-4-12-53(71-58(80)41-74-29-31-75(42-60(83)84)33-35-77(44-62(87)88)36-34-76(32-30-74)43-61(85)86)64(90)70-40-47-19-23-50(24-20-47)56(78)39-52(38-48-21-22-49-10-2-3-11-51(49)37-48)63(89)69-28-7-5-13-54(65(91)92)72-67(95)73-55(66(93)94)25-26-59(81)82/h2-3,10-11,15-18,21-22,37,47,50,52-55H,4-9,12-14,19-20,23-36,38-44H2,1H3,(H,68,79)(H,69,89)(H,70,90)(H,71,80)(H,81,82)(H,83,84)(H,85,86)(H,87,88)(H,91,92)(H,93,94)(H2,72,73,95). The number of urea groups is 1. The lowest BCUT2D eigenvalue weighted by Gasteiger charge is -2.33. The summed E-state index contributed by atoms with van der Waals surface area (Å²) in [5, 5.41) is 75.2. The molecule has 95 heavy (non-hydrogen) atoms. The van der Waals surface area contributed by atoms with Crippen LogP contribution in [0.4, 0.5) is 4.79 Å². The van der Waals surface area contributed by atoms with Gasteiger partial charge in [-0.3, -0.25) is 62.8 Å². The molecule has 522 valence electrons. The second kappa shape index (κ2) is 41.3. The van der Waals surface area contributed by atoms with Crippen molar-refractivity contribution in [3.05, 3.63) is 83.4 Å². The molecule has 2 aliphatic rings. The molecule has 1 aliphatic heterocycles. The molecule has 3 aromatic rings. The van der Waals surface area contributed by atoms with Crippen molar-refractivity contribution in [2.24, 2.45) is 17.8 Å². The van der Waals surface area contributed by atoms with Crippen LogP contribution in [-0.4, -0.2) is 238 Å². The highest BCUT2D eigenvalue weighted by molar-refractivity contribution is 5.90. The summed E-state index contributed by atoms with van der Waals surface area (Å²) in [6.07, 6.45) is 4.81. The van der Waals surface area contributed by atoms with Crippen molar-refractivity contribution in [1.82, 2.24) is 51.5 Å². The van der Waals surface area contributed by atoms with E-state index in [0.717, 1.165) is 33.9 Å². The number of carboxylic acid groups (broad SMARTS) is 6. The maximum Gasteiger partial charge on any atom is 0.326 e. The summed E-state index contributed by atoms with van der Waals surface area (Å²) in [6.45, 7) is 3.07. The average molecular weight is 1330 g/mol. The summed E-state index contributed by atoms with van der Waals surface area (Å²) in [7, 11) is 0. The molecule has 0 radical (unpaired) electrons. The first-order valence-electron chi connectivity index (χ1n) is 32.9. The lowest BCUT2D eigenvalue weighted by molar-refractivity contribution is -0.141. The second-order valence-electron chi connectivity index (χ2n) is 24.9. The minimum atomic E-state index is -1.56. The lowest BCUT2D eigenvalue weighted by atomic mass is 9.77. The number of nitrogens with zero attached hydrogens (tertiary/aromatic N) is 4. The Morgan fingerprint density at radius 2 is 0.979 bits per heavy atom. The first-order valence-corrected chi connectivity index (χ1v) is 32.9. The largest absolute Gasteiger partial charge is 0.481 e. The van der Waals surface area contributed by atoms with Crippen LogP contribution >= 0.6 is 0 Å². The molecule has 0 aromatic heterocycles. The number of hydrogen-bond donors (Lipinski definition) is 12. The molecule has 4 atom stereocenters. The van der Waals surface area contributed by atoms with Crippen molar-refractivity contribution in [3.63, 3.8) is 0 Å². The number of hydrogen-bond acceptors (Lipinski definition) is 16. The molecule has 12 N–H and O–H groups in total.